The zero-order valence-corrected chi connectivity index (χ0v) is 7.66. The molecule has 0 aliphatic rings. The fourth-order valence-corrected chi connectivity index (χ4v) is 1.07. The average Bonchev–Trinajstić information content (AvgIpc) is 2.15. The molecule has 0 saturated heterocycles. The Morgan fingerprint density at radius 1 is 1.23 bits per heavy atom. The van der Waals surface area contributed by atoms with E-state index in [9.17, 15) is 0 Å². The lowest BCUT2D eigenvalue weighted by Crippen LogP contribution is -2.17. The number of nitrogens with one attached hydrogen (secondary N) is 1. The maximum Gasteiger partial charge on any atom is 0.115 e. The molecule has 0 aliphatic carbocycles. The van der Waals surface area contributed by atoms with Gasteiger partial charge in [0.25, 0.3) is 0 Å². The van der Waals surface area contributed by atoms with E-state index in [0.29, 0.717) is 5.75 Å². The van der Waals surface area contributed by atoms with Crippen molar-refractivity contribution in [2.24, 2.45) is 5.73 Å². The van der Waals surface area contributed by atoms with Crippen LogP contribution in [-0.4, -0.2) is 18.2 Å². The summed E-state index contributed by atoms with van der Waals surface area (Å²) in [5.74, 6) is 0.311. The molecule has 72 valence electrons. The molecule has 0 bridgehead atoms. The Bertz CT molecular complexity index is 233. The molecule has 13 heavy (non-hydrogen) atoms. The Balaban J connectivity index is 2.25. The van der Waals surface area contributed by atoms with Crippen LogP contribution in [0, 0.1) is 0 Å². The molecule has 0 heterocycles. The van der Waals surface area contributed by atoms with E-state index in [2.05, 4.69) is 5.32 Å². The standard InChI is InChI=1S/C10H16N2O/c11-6-1-7-12-8-9-2-4-10(13)5-3-9/h2-5,12-13H,1,6-8,11H2. The second-order valence-electron chi connectivity index (χ2n) is 2.99. The highest BCUT2D eigenvalue weighted by Gasteiger charge is 1.91. The van der Waals surface area contributed by atoms with Crippen molar-refractivity contribution in [3.05, 3.63) is 29.8 Å². The van der Waals surface area contributed by atoms with Gasteiger partial charge in [0.1, 0.15) is 5.75 Å². The van der Waals surface area contributed by atoms with Crippen LogP contribution in [0.3, 0.4) is 0 Å². The third kappa shape index (κ3) is 3.92. The van der Waals surface area contributed by atoms with Crippen molar-refractivity contribution < 1.29 is 5.11 Å². The van der Waals surface area contributed by atoms with E-state index in [-0.39, 0.29) is 0 Å². The van der Waals surface area contributed by atoms with Crippen molar-refractivity contribution in [2.75, 3.05) is 13.1 Å². The van der Waals surface area contributed by atoms with Gasteiger partial charge in [0, 0.05) is 6.54 Å². The van der Waals surface area contributed by atoms with Crippen LogP contribution in [0.15, 0.2) is 24.3 Å². The lowest BCUT2D eigenvalue weighted by atomic mass is 10.2. The van der Waals surface area contributed by atoms with Gasteiger partial charge in [-0.2, -0.15) is 0 Å². The molecule has 0 unspecified atom stereocenters. The molecular weight excluding hydrogens is 164 g/mol. The maximum atomic E-state index is 9.03. The summed E-state index contributed by atoms with van der Waals surface area (Å²) in [6.07, 6.45) is 0.998. The number of benzene rings is 1. The highest BCUT2D eigenvalue weighted by Crippen LogP contribution is 2.08. The van der Waals surface area contributed by atoms with Crippen LogP contribution in [0.25, 0.3) is 0 Å². The van der Waals surface area contributed by atoms with E-state index >= 15 is 0 Å². The predicted octanol–water partition coefficient (Wildman–Crippen LogP) is 0.831. The van der Waals surface area contributed by atoms with Crippen LogP contribution in [0.4, 0.5) is 0 Å². The second-order valence-corrected chi connectivity index (χ2v) is 2.99. The van der Waals surface area contributed by atoms with E-state index in [1.165, 1.54) is 5.56 Å². The largest absolute Gasteiger partial charge is 0.508 e. The first-order chi connectivity index (χ1) is 6.33. The molecule has 1 rings (SSSR count). The summed E-state index contributed by atoms with van der Waals surface area (Å²) >= 11 is 0. The first-order valence-corrected chi connectivity index (χ1v) is 4.51. The molecule has 0 aliphatic heterocycles. The highest BCUT2D eigenvalue weighted by atomic mass is 16.3. The van der Waals surface area contributed by atoms with Crippen molar-refractivity contribution >= 4 is 0 Å². The fourth-order valence-electron chi connectivity index (χ4n) is 1.07. The topological polar surface area (TPSA) is 58.3 Å². The molecule has 1 aromatic rings. The number of phenolic OH excluding ortho intramolecular Hbond substituents is 1. The van der Waals surface area contributed by atoms with Gasteiger partial charge in [-0.1, -0.05) is 12.1 Å². The van der Waals surface area contributed by atoms with Gasteiger partial charge < -0.3 is 16.2 Å². The van der Waals surface area contributed by atoms with Gasteiger partial charge in [-0.3, -0.25) is 0 Å². The van der Waals surface area contributed by atoms with Crippen LogP contribution < -0.4 is 11.1 Å². The summed E-state index contributed by atoms with van der Waals surface area (Å²) in [5, 5.41) is 12.3. The lowest BCUT2D eigenvalue weighted by molar-refractivity contribution is 0.475. The molecule has 0 spiro atoms. The fraction of sp³-hybridized carbons (Fsp3) is 0.400. The molecule has 4 N–H and O–H groups in total. The highest BCUT2D eigenvalue weighted by molar-refractivity contribution is 5.25. The number of nitrogens with two attached hydrogens (primary N) is 1. The second kappa shape index (κ2) is 5.56. The van der Waals surface area contributed by atoms with E-state index < -0.39 is 0 Å². The molecule has 0 aromatic heterocycles. The van der Waals surface area contributed by atoms with Gasteiger partial charge in [0.05, 0.1) is 0 Å². The van der Waals surface area contributed by atoms with E-state index in [1.54, 1.807) is 12.1 Å². The van der Waals surface area contributed by atoms with Gasteiger partial charge in [-0.05, 0) is 37.2 Å². The van der Waals surface area contributed by atoms with E-state index in [0.717, 1.165) is 26.1 Å². The van der Waals surface area contributed by atoms with E-state index in [4.69, 9.17) is 10.8 Å². The maximum absolute atomic E-state index is 9.03. The van der Waals surface area contributed by atoms with Gasteiger partial charge in [0.2, 0.25) is 0 Å². The first-order valence-electron chi connectivity index (χ1n) is 4.51. The van der Waals surface area contributed by atoms with Crippen LogP contribution in [0.1, 0.15) is 12.0 Å². The number of hydrogen-bond donors (Lipinski definition) is 3. The quantitative estimate of drug-likeness (QED) is 0.588. The zero-order chi connectivity index (χ0) is 9.52. The average molecular weight is 180 g/mol. The van der Waals surface area contributed by atoms with Gasteiger partial charge in [0.15, 0.2) is 0 Å². The molecule has 0 fully saturated rings. The summed E-state index contributed by atoms with van der Waals surface area (Å²) in [4.78, 5) is 0. The monoisotopic (exact) mass is 180 g/mol. The summed E-state index contributed by atoms with van der Waals surface area (Å²) in [7, 11) is 0. The SMILES string of the molecule is NCCCNCc1ccc(O)cc1. The minimum atomic E-state index is 0.311. The van der Waals surface area contributed by atoms with Crippen LogP contribution >= 0.6 is 0 Å². The molecule has 1 aromatic carbocycles. The molecule has 0 radical (unpaired) electrons. The Kier molecular flexibility index (Phi) is 4.29. The van der Waals surface area contributed by atoms with Gasteiger partial charge in [-0.25, -0.2) is 0 Å². The van der Waals surface area contributed by atoms with Gasteiger partial charge in [-0.15, -0.1) is 0 Å². The Hall–Kier alpha value is -1.06. The molecule has 0 amide bonds. The summed E-state index contributed by atoms with van der Waals surface area (Å²) in [6.45, 7) is 2.50. The summed E-state index contributed by atoms with van der Waals surface area (Å²) in [6, 6.07) is 7.20. The van der Waals surface area contributed by atoms with Crippen LogP contribution in [0.2, 0.25) is 0 Å². The van der Waals surface area contributed by atoms with Crippen LogP contribution in [0.5, 0.6) is 5.75 Å². The minimum Gasteiger partial charge on any atom is -0.508 e. The van der Waals surface area contributed by atoms with Gasteiger partial charge >= 0.3 is 0 Å². The Labute approximate surface area is 78.6 Å². The molecule has 0 atom stereocenters. The van der Waals surface area contributed by atoms with Crippen molar-refractivity contribution in [3.8, 4) is 5.75 Å². The summed E-state index contributed by atoms with van der Waals surface area (Å²) < 4.78 is 0. The lowest BCUT2D eigenvalue weighted by Gasteiger charge is -2.03. The molecule has 0 saturated carbocycles. The normalized spacial score (nSPS) is 10.2. The van der Waals surface area contributed by atoms with Crippen molar-refractivity contribution in [3.63, 3.8) is 0 Å². The Morgan fingerprint density at radius 3 is 2.54 bits per heavy atom. The Morgan fingerprint density at radius 2 is 1.92 bits per heavy atom. The third-order valence-electron chi connectivity index (χ3n) is 1.82. The number of hydrogen-bond acceptors (Lipinski definition) is 3. The molecule has 3 nitrogen and oxygen atoms in total. The van der Waals surface area contributed by atoms with Crippen molar-refractivity contribution in [1.82, 2.24) is 5.32 Å². The smallest absolute Gasteiger partial charge is 0.115 e. The van der Waals surface area contributed by atoms with E-state index in [1.807, 2.05) is 12.1 Å². The number of phenols is 1. The third-order valence-corrected chi connectivity index (χ3v) is 1.82. The predicted molar refractivity (Wildman–Crippen MR) is 53.5 cm³/mol. The number of aromatic hydroxyl groups is 1. The van der Waals surface area contributed by atoms with Crippen LogP contribution in [-0.2, 0) is 6.54 Å². The van der Waals surface area contributed by atoms with Crippen molar-refractivity contribution in [1.29, 1.82) is 0 Å². The number of rotatable bonds is 5. The molecular formula is C10H16N2O. The molecule has 3 heteroatoms. The zero-order valence-electron chi connectivity index (χ0n) is 7.66. The first kappa shape index (κ1) is 10.0. The van der Waals surface area contributed by atoms with Crippen molar-refractivity contribution in [2.45, 2.75) is 13.0 Å². The summed E-state index contributed by atoms with van der Waals surface area (Å²) in [5.41, 5.74) is 6.53. The minimum absolute atomic E-state index is 0.311.